The number of rotatable bonds is 6. The average Bonchev–Trinajstić information content (AvgIpc) is 3.15. The Morgan fingerprint density at radius 2 is 2.00 bits per heavy atom. The van der Waals surface area contributed by atoms with E-state index in [1.165, 1.54) is 4.88 Å². The van der Waals surface area contributed by atoms with Gasteiger partial charge in [-0.1, -0.05) is 6.92 Å². The third kappa shape index (κ3) is 4.66. The van der Waals surface area contributed by atoms with Crippen molar-refractivity contribution in [1.82, 2.24) is 14.7 Å². The van der Waals surface area contributed by atoms with Gasteiger partial charge in [0.15, 0.2) is 0 Å². The molecule has 0 unspecified atom stereocenters. The minimum Gasteiger partial charge on any atom is -0.396 e. The van der Waals surface area contributed by atoms with Crippen molar-refractivity contribution in [2.75, 3.05) is 52.9 Å². The molecule has 2 aliphatic heterocycles. The van der Waals surface area contributed by atoms with Gasteiger partial charge in [-0.2, -0.15) is 0 Å². The lowest BCUT2D eigenvalue weighted by atomic mass is 9.86. The molecule has 1 N–H and O–H groups in total. The normalized spacial score (nSPS) is 25.6. The summed E-state index contributed by atoms with van der Waals surface area (Å²) in [4.78, 5) is 22.2. The van der Waals surface area contributed by atoms with E-state index in [9.17, 15) is 9.90 Å². The number of carbonyl (C=O) groups is 1. The zero-order valence-electron chi connectivity index (χ0n) is 16.2. The van der Waals surface area contributed by atoms with Crippen LogP contribution in [0.1, 0.15) is 40.7 Å². The highest BCUT2D eigenvalue weighted by molar-refractivity contribution is 7.14. The lowest BCUT2D eigenvalue weighted by Crippen LogP contribution is -2.56. The second kappa shape index (κ2) is 9.31. The molecule has 146 valence electrons. The Balaban J connectivity index is 1.65. The molecule has 0 radical (unpaired) electrons. The maximum absolute atomic E-state index is 12.9. The molecule has 6 heteroatoms. The fourth-order valence-electron chi connectivity index (χ4n) is 4.31. The third-order valence-electron chi connectivity index (χ3n) is 5.94. The van der Waals surface area contributed by atoms with Gasteiger partial charge >= 0.3 is 0 Å². The van der Waals surface area contributed by atoms with E-state index >= 15 is 0 Å². The van der Waals surface area contributed by atoms with E-state index in [-0.39, 0.29) is 12.5 Å². The Morgan fingerprint density at radius 3 is 2.65 bits per heavy atom. The maximum Gasteiger partial charge on any atom is 0.263 e. The molecular formula is C20H33N3O2S. The molecule has 5 nitrogen and oxygen atoms in total. The van der Waals surface area contributed by atoms with Gasteiger partial charge in [0.25, 0.3) is 5.91 Å². The Labute approximate surface area is 161 Å². The summed E-state index contributed by atoms with van der Waals surface area (Å²) in [5.41, 5.74) is 0. The predicted octanol–water partition coefficient (Wildman–Crippen LogP) is 2.16. The number of amides is 1. The van der Waals surface area contributed by atoms with E-state index in [4.69, 9.17) is 0 Å². The molecule has 2 atom stereocenters. The standard InChI is InChI=1S/C20H33N3O2S/c1-3-17-6-7-19(26-17)20(25)23-9-8-18(16(15-23)5-4-14-24)22-12-10-21(2)11-13-22/h6-7,16,18,24H,3-5,8-15H2,1-2H3/t16-,18+/m1/s1. The van der Waals surface area contributed by atoms with Crippen molar-refractivity contribution >= 4 is 17.2 Å². The fourth-order valence-corrected chi connectivity index (χ4v) is 5.23. The molecule has 2 fully saturated rings. The van der Waals surface area contributed by atoms with Gasteiger partial charge in [-0.05, 0) is 50.8 Å². The number of piperazine rings is 1. The summed E-state index contributed by atoms with van der Waals surface area (Å²) in [6, 6.07) is 4.62. The molecule has 1 amide bonds. The Bertz CT molecular complexity index is 583. The number of piperidine rings is 1. The molecule has 2 saturated heterocycles. The SMILES string of the molecule is CCc1ccc(C(=O)N2CC[C@H](N3CCN(C)CC3)[C@H](CCCO)C2)s1. The number of likely N-dealkylation sites (tertiary alicyclic amines) is 1. The van der Waals surface area contributed by atoms with Crippen LogP contribution in [0.2, 0.25) is 0 Å². The van der Waals surface area contributed by atoms with Crippen LogP contribution in [0, 0.1) is 5.92 Å². The second-order valence-corrected chi connectivity index (χ2v) is 8.86. The minimum absolute atomic E-state index is 0.195. The predicted molar refractivity (Wildman–Crippen MR) is 107 cm³/mol. The first-order chi connectivity index (χ1) is 12.6. The van der Waals surface area contributed by atoms with Crippen LogP contribution in [0.15, 0.2) is 12.1 Å². The van der Waals surface area contributed by atoms with Gasteiger partial charge in [0.2, 0.25) is 0 Å². The second-order valence-electron chi connectivity index (χ2n) is 7.69. The van der Waals surface area contributed by atoms with Gasteiger partial charge < -0.3 is 14.9 Å². The highest BCUT2D eigenvalue weighted by atomic mass is 32.1. The van der Waals surface area contributed by atoms with Crippen LogP contribution in [0.5, 0.6) is 0 Å². The van der Waals surface area contributed by atoms with Crippen molar-refractivity contribution in [3.8, 4) is 0 Å². The van der Waals surface area contributed by atoms with Gasteiger partial charge in [0.1, 0.15) is 0 Å². The summed E-state index contributed by atoms with van der Waals surface area (Å²) < 4.78 is 0. The maximum atomic E-state index is 12.9. The summed E-state index contributed by atoms with van der Waals surface area (Å²) in [6.45, 7) is 8.55. The molecule has 2 aliphatic rings. The number of carbonyl (C=O) groups excluding carboxylic acids is 1. The van der Waals surface area contributed by atoms with Crippen molar-refractivity contribution in [1.29, 1.82) is 0 Å². The largest absolute Gasteiger partial charge is 0.396 e. The first-order valence-electron chi connectivity index (χ1n) is 10.0. The van der Waals surface area contributed by atoms with Gasteiger partial charge in [0, 0.05) is 56.8 Å². The van der Waals surface area contributed by atoms with Gasteiger partial charge in [-0.15, -0.1) is 11.3 Å². The molecule has 0 saturated carbocycles. The van der Waals surface area contributed by atoms with Crippen LogP contribution < -0.4 is 0 Å². The number of nitrogens with zero attached hydrogens (tertiary/aromatic N) is 3. The number of likely N-dealkylation sites (N-methyl/N-ethyl adjacent to an activating group) is 1. The number of aliphatic hydroxyl groups excluding tert-OH is 1. The number of hydrogen-bond acceptors (Lipinski definition) is 5. The van der Waals surface area contributed by atoms with Gasteiger partial charge in [0.05, 0.1) is 4.88 Å². The molecular weight excluding hydrogens is 346 g/mol. The van der Waals surface area contributed by atoms with E-state index in [0.29, 0.717) is 12.0 Å². The topological polar surface area (TPSA) is 47.0 Å². The lowest BCUT2D eigenvalue weighted by Gasteiger charge is -2.46. The summed E-state index contributed by atoms with van der Waals surface area (Å²) in [5, 5.41) is 9.31. The molecule has 0 aliphatic carbocycles. The smallest absolute Gasteiger partial charge is 0.263 e. The van der Waals surface area contributed by atoms with Crippen molar-refractivity contribution < 1.29 is 9.90 Å². The third-order valence-corrected chi connectivity index (χ3v) is 7.16. The number of aryl methyl sites for hydroxylation is 1. The zero-order valence-corrected chi connectivity index (χ0v) is 17.0. The summed E-state index contributed by atoms with van der Waals surface area (Å²) >= 11 is 1.64. The molecule has 0 aromatic carbocycles. The first-order valence-corrected chi connectivity index (χ1v) is 10.9. The molecule has 0 spiro atoms. The molecule has 1 aromatic rings. The number of thiophene rings is 1. The Morgan fingerprint density at radius 1 is 1.23 bits per heavy atom. The summed E-state index contributed by atoms with van der Waals surface area (Å²) in [6.07, 6.45) is 3.87. The van der Waals surface area contributed by atoms with Crippen LogP contribution in [-0.4, -0.2) is 84.7 Å². The molecule has 0 bridgehead atoms. The van der Waals surface area contributed by atoms with E-state index < -0.39 is 0 Å². The van der Waals surface area contributed by atoms with Crippen LogP contribution in [0.3, 0.4) is 0 Å². The van der Waals surface area contributed by atoms with Crippen molar-refractivity contribution in [3.63, 3.8) is 0 Å². The number of hydrogen-bond donors (Lipinski definition) is 1. The van der Waals surface area contributed by atoms with Crippen LogP contribution in [0.4, 0.5) is 0 Å². The molecule has 26 heavy (non-hydrogen) atoms. The van der Waals surface area contributed by atoms with Crippen LogP contribution >= 0.6 is 11.3 Å². The zero-order chi connectivity index (χ0) is 18.5. The summed E-state index contributed by atoms with van der Waals surface area (Å²) in [5.74, 6) is 0.661. The van der Waals surface area contributed by atoms with Crippen molar-refractivity contribution in [3.05, 3.63) is 21.9 Å². The quantitative estimate of drug-likeness (QED) is 0.823. The summed E-state index contributed by atoms with van der Waals surface area (Å²) in [7, 11) is 2.19. The molecule has 1 aromatic heterocycles. The first kappa shape index (κ1) is 19.8. The molecule has 3 rings (SSSR count). The minimum atomic E-state index is 0.195. The highest BCUT2D eigenvalue weighted by Crippen LogP contribution is 2.29. The van der Waals surface area contributed by atoms with Crippen molar-refractivity contribution in [2.45, 2.75) is 38.6 Å². The Hall–Kier alpha value is -0.950. The van der Waals surface area contributed by atoms with Crippen LogP contribution in [-0.2, 0) is 6.42 Å². The van der Waals surface area contributed by atoms with E-state index in [2.05, 4.69) is 34.7 Å². The van der Waals surface area contributed by atoms with Crippen molar-refractivity contribution in [2.24, 2.45) is 5.92 Å². The van der Waals surface area contributed by atoms with E-state index in [0.717, 1.165) is 69.8 Å². The van der Waals surface area contributed by atoms with Crippen LogP contribution in [0.25, 0.3) is 0 Å². The number of aliphatic hydroxyl groups is 1. The highest BCUT2D eigenvalue weighted by Gasteiger charge is 2.35. The monoisotopic (exact) mass is 379 g/mol. The van der Waals surface area contributed by atoms with E-state index in [1.54, 1.807) is 11.3 Å². The van der Waals surface area contributed by atoms with E-state index in [1.807, 2.05) is 6.07 Å². The Kier molecular flexibility index (Phi) is 7.09. The lowest BCUT2D eigenvalue weighted by molar-refractivity contribution is 0.0220. The fraction of sp³-hybridized carbons (Fsp3) is 0.750. The van der Waals surface area contributed by atoms with Gasteiger partial charge in [-0.3, -0.25) is 9.69 Å². The molecule has 3 heterocycles. The van der Waals surface area contributed by atoms with Gasteiger partial charge in [-0.25, -0.2) is 0 Å². The average molecular weight is 380 g/mol.